The van der Waals surface area contributed by atoms with Crippen LogP contribution in [0, 0.1) is 0 Å². The van der Waals surface area contributed by atoms with Gasteiger partial charge in [0.15, 0.2) is 5.13 Å². The number of carbonyl (C=O) groups is 2. The molecule has 1 atom stereocenters. The molecule has 8 heteroatoms. The molecular weight excluding hydrogens is 464 g/mol. The van der Waals surface area contributed by atoms with Crippen molar-refractivity contribution in [3.63, 3.8) is 0 Å². The highest BCUT2D eigenvalue weighted by Crippen LogP contribution is 2.44. The molecule has 3 aromatic carbocycles. The number of amides is 1. The number of nitrogens with zero attached hydrogens (tertiary/aromatic N) is 2. The van der Waals surface area contributed by atoms with E-state index in [9.17, 15) is 14.7 Å². The lowest BCUT2D eigenvalue weighted by Crippen LogP contribution is -2.29. The smallest absolute Gasteiger partial charge is 0.301 e. The number of Topliss-reactive ketones (excluding diaryl/α,β-unsaturated/α-hetero) is 1. The number of fused-ring (bicyclic) bond motifs is 1. The number of aliphatic hydroxyl groups excluding tert-OH is 1. The van der Waals surface area contributed by atoms with Gasteiger partial charge in [0, 0.05) is 5.56 Å². The molecule has 1 aliphatic rings. The third-order valence-electron chi connectivity index (χ3n) is 5.79. The third-order valence-corrected chi connectivity index (χ3v) is 6.81. The standard InChI is InChI=1S/C27H22N2O5S/c1-3-34-19-13-14-20-21(15-19)35-27(28-20)29-23(16-7-5-4-6-8-16)22(25(31)26(29)32)24(30)17-9-11-18(33-2)12-10-17/h4-15,23,30H,3H2,1-2H3/t23-/m0/s1. The first-order valence-corrected chi connectivity index (χ1v) is 11.9. The Morgan fingerprint density at radius 1 is 1.03 bits per heavy atom. The molecule has 1 aliphatic heterocycles. The maximum atomic E-state index is 13.3. The number of aliphatic hydroxyl groups is 1. The maximum Gasteiger partial charge on any atom is 0.301 e. The molecular formula is C27H22N2O5S. The van der Waals surface area contributed by atoms with E-state index in [1.807, 2.05) is 55.5 Å². The second-order valence-corrected chi connectivity index (χ2v) is 8.88. The molecule has 176 valence electrons. The minimum atomic E-state index is -0.828. The first kappa shape index (κ1) is 22.6. The predicted molar refractivity (Wildman–Crippen MR) is 135 cm³/mol. The molecule has 2 heterocycles. The van der Waals surface area contributed by atoms with Gasteiger partial charge >= 0.3 is 5.91 Å². The van der Waals surface area contributed by atoms with Crippen LogP contribution in [0.15, 0.2) is 78.4 Å². The van der Waals surface area contributed by atoms with E-state index in [0.717, 1.165) is 4.70 Å². The number of benzene rings is 3. The molecule has 0 spiro atoms. The van der Waals surface area contributed by atoms with E-state index in [1.165, 1.54) is 16.2 Å². The van der Waals surface area contributed by atoms with Gasteiger partial charge in [0.1, 0.15) is 17.3 Å². The fourth-order valence-electron chi connectivity index (χ4n) is 4.14. The van der Waals surface area contributed by atoms with E-state index < -0.39 is 17.7 Å². The van der Waals surface area contributed by atoms with Crippen molar-refractivity contribution >= 4 is 44.1 Å². The Labute approximate surface area is 205 Å². The predicted octanol–water partition coefficient (Wildman–Crippen LogP) is 5.33. The second-order valence-electron chi connectivity index (χ2n) is 7.87. The van der Waals surface area contributed by atoms with Gasteiger partial charge < -0.3 is 14.6 Å². The van der Waals surface area contributed by atoms with E-state index in [0.29, 0.717) is 39.9 Å². The molecule has 0 radical (unpaired) electrons. The van der Waals surface area contributed by atoms with Crippen molar-refractivity contribution in [1.82, 2.24) is 4.98 Å². The average molecular weight is 487 g/mol. The zero-order valence-corrected chi connectivity index (χ0v) is 19.9. The molecule has 0 aliphatic carbocycles. The van der Waals surface area contributed by atoms with Crippen LogP contribution in [0.5, 0.6) is 11.5 Å². The second kappa shape index (κ2) is 9.23. The van der Waals surface area contributed by atoms with Gasteiger partial charge in [-0.15, -0.1) is 0 Å². The number of hydrogen-bond donors (Lipinski definition) is 1. The van der Waals surface area contributed by atoms with Gasteiger partial charge in [-0.3, -0.25) is 14.5 Å². The number of rotatable bonds is 6. The number of hydrogen-bond acceptors (Lipinski definition) is 7. The molecule has 1 N–H and O–H groups in total. The summed E-state index contributed by atoms with van der Waals surface area (Å²) in [5, 5.41) is 11.6. The minimum Gasteiger partial charge on any atom is -0.507 e. The Bertz CT molecular complexity index is 1440. The quantitative estimate of drug-likeness (QED) is 0.225. The SMILES string of the molecule is CCOc1ccc2nc(N3C(=O)C(=O)C(=C(O)c4ccc(OC)cc4)[C@@H]3c3ccccc3)sc2c1. The van der Waals surface area contributed by atoms with Crippen molar-refractivity contribution in [3.05, 3.63) is 89.5 Å². The van der Waals surface area contributed by atoms with Crippen LogP contribution in [-0.2, 0) is 9.59 Å². The van der Waals surface area contributed by atoms with Crippen LogP contribution in [0.3, 0.4) is 0 Å². The Morgan fingerprint density at radius 3 is 2.43 bits per heavy atom. The number of methoxy groups -OCH3 is 1. The van der Waals surface area contributed by atoms with Gasteiger partial charge in [0.2, 0.25) is 0 Å². The van der Waals surface area contributed by atoms with E-state index in [2.05, 4.69) is 4.98 Å². The van der Waals surface area contributed by atoms with Gasteiger partial charge in [0.05, 0.1) is 35.5 Å². The van der Waals surface area contributed by atoms with Gasteiger partial charge in [-0.1, -0.05) is 41.7 Å². The van der Waals surface area contributed by atoms with E-state index in [4.69, 9.17) is 9.47 Å². The molecule has 35 heavy (non-hydrogen) atoms. The molecule has 0 saturated carbocycles. The Morgan fingerprint density at radius 2 is 1.74 bits per heavy atom. The summed E-state index contributed by atoms with van der Waals surface area (Å²) in [6, 6.07) is 20.5. The molecule has 0 bridgehead atoms. The highest BCUT2D eigenvalue weighted by molar-refractivity contribution is 7.22. The van der Waals surface area contributed by atoms with Crippen molar-refractivity contribution in [2.24, 2.45) is 0 Å². The maximum absolute atomic E-state index is 13.3. The van der Waals surface area contributed by atoms with Crippen LogP contribution < -0.4 is 14.4 Å². The van der Waals surface area contributed by atoms with Crippen LogP contribution in [0.1, 0.15) is 24.1 Å². The number of carbonyl (C=O) groups excluding carboxylic acids is 2. The van der Waals surface area contributed by atoms with Crippen molar-refractivity contribution in [1.29, 1.82) is 0 Å². The summed E-state index contributed by atoms with van der Waals surface area (Å²) >= 11 is 1.29. The lowest BCUT2D eigenvalue weighted by molar-refractivity contribution is -0.132. The fourth-order valence-corrected chi connectivity index (χ4v) is 5.16. The number of ether oxygens (including phenoxy) is 2. The van der Waals surface area contributed by atoms with Crippen molar-refractivity contribution in [2.75, 3.05) is 18.6 Å². The zero-order chi connectivity index (χ0) is 24.5. The van der Waals surface area contributed by atoms with E-state index in [1.54, 1.807) is 31.4 Å². The van der Waals surface area contributed by atoms with Crippen LogP contribution in [0.4, 0.5) is 5.13 Å². The molecule has 4 aromatic rings. The normalized spacial score (nSPS) is 17.2. The molecule has 1 saturated heterocycles. The van der Waals surface area contributed by atoms with Crippen LogP contribution >= 0.6 is 11.3 Å². The van der Waals surface area contributed by atoms with Crippen molar-refractivity contribution in [2.45, 2.75) is 13.0 Å². The molecule has 1 aromatic heterocycles. The number of ketones is 1. The first-order chi connectivity index (χ1) is 17.0. The van der Waals surface area contributed by atoms with Gasteiger partial charge in [0.25, 0.3) is 5.78 Å². The Hall–Kier alpha value is -4.17. The molecule has 1 amide bonds. The Kier molecular flexibility index (Phi) is 5.96. The summed E-state index contributed by atoms with van der Waals surface area (Å²) < 4.78 is 11.6. The highest BCUT2D eigenvalue weighted by Gasteiger charge is 2.48. The van der Waals surface area contributed by atoms with Crippen molar-refractivity contribution in [3.8, 4) is 11.5 Å². The van der Waals surface area contributed by atoms with Gasteiger partial charge in [-0.2, -0.15) is 0 Å². The minimum absolute atomic E-state index is 0.0145. The highest BCUT2D eigenvalue weighted by atomic mass is 32.1. The summed E-state index contributed by atoms with van der Waals surface area (Å²) in [4.78, 5) is 32.6. The van der Waals surface area contributed by atoms with E-state index >= 15 is 0 Å². The summed E-state index contributed by atoms with van der Waals surface area (Å²) in [6.45, 7) is 2.44. The topological polar surface area (TPSA) is 89.0 Å². The van der Waals surface area contributed by atoms with Crippen LogP contribution in [0.25, 0.3) is 16.0 Å². The Balaban J connectivity index is 1.66. The molecule has 5 rings (SSSR count). The lowest BCUT2D eigenvalue weighted by Gasteiger charge is -2.22. The summed E-state index contributed by atoms with van der Waals surface area (Å²) in [5.74, 6) is -0.430. The number of anilines is 1. The van der Waals surface area contributed by atoms with Crippen LogP contribution in [0.2, 0.25) is 0 Å². The van der Waals surface area contributed by atoms with E-state index in [-0.39, 0.29) is 11.3 Å². The molecule has 1 fully saturated rings. The fraction of sp³-hybridized carbons (Fsp3) is 0.148. The number of thiazole rings is 1. The largest absolute Gasteiger partial charge is 0.507 e. The number of aromatic nitrogens is 1. The van der Waals surface area contributed by atoms with Gasteiger partial charge in [-0.25, -0.2) is 4.98 Å². The summed E-state index contributed by atoms with van der Waals surface area (Å²) in [6.07, 6.45) is 0. The molecule has 7 nitrogen and oxygen atoms in total. The summed E-state index contributed by atoms with van der Waals surface area (Å²) in [5.41, 5.74) is 1.81. The first-order valence-electron chi connectivity index (χ1n) is 11.1. The van der Waals surface area contributed by atoms with Gasteiger partial charge in [-0.05, 0) is 55.0 Å². The molecule has 0 unspecified atom stereocenters. The summed E-state index contributed by atoms with van der Waals surface area (Å²) in [7, 11) is 1.55. The lowest BCUT2D eigenvalue weighted by atomic mass is 9.95. The zero-order valence-electron chi connectivity index (χ0n) is 19.1. The monoisotopic (exact) mass is 486 g/mol. The average Bonchev–Trinajstić information content (AvgIpc) is 3.42. The van der Waals surface area contributed by atoms with Crippen molar-refractivity contribution < 1.29 is 24.2 Å². The third kappa shape index (κ3) is 4.02. The van der Waals surface area contributed by atoms with Crippen LogP contribution in [-0.4, -0.2) is 35.5 Å².